The Balaban J connectivity index is 1.58. The largest absolute Gasteiger partial charge is 0.366 e. The van der Waals surface area contributed by atoms with Gasteiger partial charge in [0.25, 0.3) is 0 Å². The number of aromatic nitrogens is 4. The van der Waals surface area contributed by atoms with E-state index < -0.39 is 0 Å². The molecule has 0 radical (unpaired) electrons. The Morgan fingerprint density at radius 1 is 1.22 bits per heavy atom. The van der Waals surface area contributed by atoms with E-state index in [1.54, 1.807) is 0 Å². The zero-order valence-corrected chi connectivity index (χ0v) is 13.3. The van der Waals surface area contributed by atoms with Gasteiger partial charge < -0.3 is 5.32 Å². The van der Waals surface area contributed by atoms with Crippen molar-refractivity contribution in [1.29, 1.82) is 0 Å². The molecule has 4 rings (SSSR count). The summed E-state index contributed by atoms with van der Waals surface area (Å²) in [6.45, 7) is 0.745. The summed E-state index contributed by atoms with van der Waals surface area (Å²) in [4.78, 5) is 0. The predicted octanol–water partition coefficient (Wildman–Crippen LogP) is 3.17. The van der Waals surface area contributed by atoms with Gasteiger partial charge in [-0.05, 0) is 37.3 Å². The fraction of sp³-hybridized carbons (Fsp3) is 0.333. The number of nitrogens with one attached hydrogen (secondary N) is 1. The number of hydrogen-bond donors (Lipinski definition) is 1. The molecule has 1 aliphatic rings. The molecule has 1 saturated carbocycles. The minimum absolute atomic E-state index is 0.745. The number of rotatable bonds is 6. The summed E-state index contributed by atoms with van der Waals surface area (Å²) in [6.07, 6.45) is 7.69. The molecule has 1 fully saturated rings. The van der Waals surface area contributed by atoms with Gasteiger partial charge in [0.15, 0.2) is 0 Å². The molecule has 23 heavy (non-hydrogen) atoms. The Hall–Kier alpha value is -2.56. The minimum Gasteiger partial charge on any atom is -0.366 e. The Morgan fingerprint density at radius 2 is 2.04 bits per heavy atom. The summed E-state index contributed by atoms with van der Waals surface area (Å²) in [5, 5.41) is 12.5. The average Bonchev–Trinajstić information content (AvgIpc) is 3.13. The van der Waals surface area contributed by atoms with Gasteiger partial charge in [-0.2, -0.15) is 10.2 Å². The molecular formula is C18H21N5. The zero-order chi connectivity index (χ0) is 15.6. The van der Waals surface area contributed by atoms with Gasteiger partial charge in [0.2, 0.25) is 0 Å². The molecule has 118 valence electrons. The number of para-hydroxylation sites is 1. The molecule has 0 amide bonds. The summed E-state index contributed by atoms with van der Waals surface area (Å²) in [5.41, 5.74) is 3.42. The van der Waals surface area contributed by atoms with E-state index in [-0.39, 0.29) is 0 Å². The SMILES string of the molecule is Cn1cc(CNc2cc(CC3CC3)nn2-c2ccccc2)cn1. The maximum Gasteiger partial charge on any atom is 0.130 e. The Morgan fingerprint density at radius 3 is 2.74 bits per heavy atom. The zero-order valence-electron chi connectivity index (χ0n) is 13.3. The third kappa shape index (κ3) is 3.28. The van der Waals surface area contributed by atoms with Crippen molar-refractivity contribution in [3.05, 3.63) is 60.0 Å². The van der Waals surface area contributed by atoms with Crippen LogP contribution in [0.5, 0.6) is 0 Å². The van der Waals surface area contributed by atoms with Crippen LogP contribution in [0.4, 0.5) is 5.82 Å². The highest BCUT2D eigenvalue weighted by Crippen LogP contribution is 2.33. The maximum atomic E-state index is 4.81. The second-order valence-electron chi connectivity index (χ2n) is 6.29. The molecule has 1 aliphatic carbocycles. The molecule has 5 heteroatoms. The van der Waals surface area contributed by atoms with Gasteiger partial charge in [-0.1, -0.05) is 18.2 Å². The molecule has 2 heterocycles. The second-order valence-corrected chi connectivity index (χ2v) is 6.29. The Labute approximate surface area is 135 Å². The van der Waals surface area contributed by atoms with Crippen LogP contribution in [0, 0.1) is 5.92 Å². The Kier molecular flexibility index (Phi) is 3.61. The van der Waals surface area contributed by atoms with Gasteiger partial charge in [-0.3, -0.25) is 4.68 Å². The van der Waals surface area contributed by atoms with E-state index in [1.165, 1.54) is 18.5 Å². The molecule has 0 unspecified atom stereocenters. The predicted molar refractivity (Wildman–Crippen MR) is 90.5 cm³/mol. The van der Waals surface area contributed by atoms with Crippen molar-refractivity contribution in [1.82, 2.24) is 19.6 Å². The molecule has 0 atom stereocenters. The van der Waals surface area contributed by atoms with E-state index >= 15 is 0 Å². The molecule has 0 bridgehead atoms. The number of anilines is 1. The molecule has 5 nitrogen and oxygen atoms in total. The van der Waals surface area contributed by atoms with E-state index in [2.05, 4.69) is 28.6 Å². The van der Waals surface area contributed by atoms with Crippen molar-refractivity contribution >= 4 is 5.82 Å². The third-order valence-electron chi connectivity index (χ3n) is 4.19. The van der Waals surface area contributed by atoms with E-state index in [0.29, 0.717) is 0 Å². The second kappa shape index (κ2) is 5.91. The van der Waals surface area contributed by atoms with Crippen LogP contribution < -0.4 is 5.32 Å². The highest BCUT2D eigenvalue weighted by molar-refractivity contribution is 5.46. The van der Waals surface area contributed by atoms with Crippen molar-refractivity contribution in [3.8, 4) is 5.69 Å². The van der Waals surface area contributed by atoms with Crippen molar-refractivity contribution in [2.45, 2.75) is 25.8 Å². The first kappa shape index (κ1) is 14.1. The van der Waals surface area contributed by atoms with Crippen molar-refractivity contribution in [2.24, 2.45) is 13.0 Å². The van der Waals surface area contributed by atoms with E-state index in [0.717, 1.165) is 36.0 Å². The molecule has 2 aromatic heterocycles. The lowest BCUT2D eigenvalue weighted by Gasteiger charge is -2.08. The number of nitrogens with zero attached hydrogens (tertiary/aromatic N) is 4. The first-order valence-electron chi connectivity index (χ1n) is 8.14. The minimum atomic E-state index is 0.745. The quantitative estimate of drug-likeness (QED) is 0.761. The van der Waals surface area contributed by atoms with E-state index in [9.17, 15) is 0 Å². The lowest BCUT2D eigenvalue weighted by atomic mass is 10.2. The highest BCUT2D eigenvalue weighted by atomic mass is 15.3. The van der Waals surface area contributed by atoms with Crippen LogP contribution in [0.2, 0.25) is 0 Å². The summed E-state index contributed by atoms with van der Waals surface area (Å²) in [7, 11) is 1.94. The van der Waals surface area contributed by atoms with Crippen LogP contribution in [0.3, 0.4) is 0 Å². The van der Waals surface area contributed by atoms with Crippen molar-refractivity contribution in [2.75, 3.05) is 5.32 Å². The smallest absolute Gasteiger partial charge is 0.130 e. The number of hydrogen-bond acceptors (Lipinski definition) is 3. The van der Waals surface area contributed by atoms with Crippen LogP contribution in [0.15, 0.2) is 48.8 Å². The van der Waals surface area contributed by atoms with Crippen LogP contribution in [0.1, 0.15) is 24.1 Å². The summed E-state index contributed by atoms with van der Waals surface area (Å²) in [5.74, 6) is 1.87. The molecule has 3 aromatic rings. The van der Waals surface area contributed by atoms with E-state index in [1.807, 2.05) is 47.0 Å². The van der Waals surface area contributed by atoms with Crippen LogP contribution in [-0.4, -0.2) is 19.6 Å². The van der Waals surface area contributed by atoms with E-state index in [4.69, 9.17) is 5.10 Å². The summed E-state index contributed by atoms with van der Waals surface area (Å²) in [6, 6.07) is 12.5. The lowest BCUT2D eigenvalue weighted by molar-refractivity contribution is 0.765. The topological polar surface area (TPSA) is 47.7 Å². The fourth-order valence-electron chi connectivity index (χ4n) is 2.80. The average molecular weight is 307 g/mol. The normalized spacial score (nSPS) is 14.1. The van der Waals surface area contributed by atoms with Gasteiger partial charge in [0.1, 0.15) is 5.82 Å². The van der Waals surface area contributed by atoms with Gasteiger partial charge in [-0.15, -0.1) is 0 Å². The van der Waals surface area contributed by atoms with Gasteiger partial charge in [0.05, 0.1) is 17.6 Å². The molecule has 0 saturated heterocycles. The van der Waals surface area contributed by atoms with Gasteiger partial charge in [-0.25, -0.2) is 4.68 Å². The van der Waals surface area contributed by atoms with Crippen LogP contribution in [-0.2, 0) is 20.0 Å². The first-order valence-corrected chi connectivity index (χ1v) is 8.14. The van der Waals surface area contributed by atoms with Gasteiger partial charge >= 0.3 is 0 Å². The fourth-order valence-corrected chi connectivity index (χ4v) is 2.80. The van der Waals surface area contributed by atoms with Crippen molar-refractivity contribution < 1.29 is 0 Å². The molecular weight excluding hydrogens is 286 g/mol. The van der Waals surface area contributed by atoms with Gasteiger partial charge in [0, 0.05) is 31.4 Å². The third-order valence-corrected chi connectivity index (χ3v) is 4.19. The van der Waals surface area contributed by atoms with Crippen LogP contribution >= 0.6 is 0 Å². The van der Waals surface area contributed by atoms with Crippen molar-refractivity contribution in [3.63, 3.8) is 0 Å². The van der Waals surface area contributed by atoms with Crippen LogP contribution in [0.25, 0.3) is 5.69 Å². The summed E-state index contributed by atoms with van der Waals surface area (Å²) >= 11 is 0. The lowest BCUT2D eigenvalue weighted by Crippen LogP contribution is -2.06. The summed E-state index contributed by atoms with van der Waals surface area (Å²) < 4.78 is 3.83. The first-order chi connectivity index (χ1) is 11.3. The molecule has 0 aliphatic heterocycles. The molecule has 1 aromatic carbocycles. The number of benzene rings is 1. The number of aryl methyl sites for hydroxylation is 1. The Bertz CT molecular complexity index is 783. The maximum absolute atomic E-state index is 4.81. The monoisotopic (exact) mass is 307 g/mol. The molecule has 1 N–H and O–H groups in total. The molecule has 0 spiro atoms. The highest BCUT2D eigenvalue weighted by Gasteiger charge is 2.23. The standard InChI is InChI=1S/C18H21N5/c1-22-13-15(12-20-22)11-19-18-10-16(9-14-7-8-14)21-23(18)17-5-3-2-4-6-17/h2-6,10,12-14,19H,7-9,11H2,1H3.